The molecule has 1 aliphatic heterocycles. The molecule has 1 fully saturated rings. The van der Waals surface area contributed by atoms with Crippen molar-refractivity contribution in [1.29, 1.82) is 0 Å². The number of carbonyl (C=O) groups excluding carboxylic acids is 2. The maximum Gasteiger partial charge on any atom is 0.246 e. The minimum Gasteiger partial charge on any atom is -0.493 e. The quantitative estimate of drug-likeness (QED) is 0.640. The Kier molecular flexibility index (Phi) is 8.14. The van der Waals surface area contributed by atoms with Crippen LogP contribution in [0, 0.1) is 5.92 Å². The van der Waals surface area contributed by atoms with Crippen molar-refractivity contribution in [3.8, 4) is 17.2 Å². The highest BCUT2D eigenvalue weighted by Gasteiger charge is 2.26. The lowest BCUT2D eigenvalue weighted by atomic mass is 9.95. The Morgan fingerprint density at radius 2 is 1.62 bits per heavy atom. The van der Waals surface area contributed by atoms with E-state index in [9.17, 15) is 9.59 Å². The SMILES string of the molecule is COc1cc(CNC(=O)C2CCN(C(=O)/C=C/c3ccccc3)CC2)cc(OC)c1OC. The number of amides is 2. The molecule has 2 aromatic carbocycles. The van der Waals surface area contributed by atoms with Gasteiger partial charge in [0, 0.05) is 31.6 Å². The summed E-state index contributed by atoms with van der Waals surface area (Å²) in [5.41, 5.74) is 1.84. The van der Waals surface area contributed by atoms with Gasteiger partial charge in [-0.25, -0.2) is 0 Å². The predicted octanol–water partition coefficient (Wildman–Crippen LogP) is 3.28. The van der Waals surface area contributed by atoms with Gasteiger partial charge in [0.15, 0.2) is 11.5 Å². The molecule has 32 heavy (non-hydrogen) atoms. The van der Waals surface area contributed by atoms with Crippen LogP contribution in [0.25, 0.3) is 6.08 Å². The molecule has 1 heterocycles. The number of nitrogens with one attached hydrogen (secondary N) is 1. The van der Waals surface area contributed by atoms with Crippen LogP contribution in [-0.4, -0.2) is 51.1 Å². The minimum atomic E-state index is -0.112. The first-order valence-corrected chi connectivity index (χ1v) is 10.6. The molecule has 1 saturated heterocycles. The number of piperidine rings is 1. The maximum atomic E-state index is 12.7. The highest BCUT2D eigenvalue weighted by atomic mass is 16.5. The second-order valence-corrected chi connectivity index (χ2v) is 7.59. The van der Waals surface area contributed by atoms with E-state index in [2.05, 4.69) is 5.32 Å². The van der Waals surface area contributed by atoms with E-state index in [1.807, 2.05) is 48.5 Å². The van der Waals surface area contributed by atoms with Gasteiger partial charge in [-0.1, -0.05) is 30.3 Å². The number of likely N-dealkylation sites (tertiary alicyclic amines) is 1. The van der Waals surface area contributed by atoms with Crippen LogP contribution < -0.4 is 19.5 Å². The number of hydrogen-bond donors (Lipinski definition) is 1. The summed E-state index contributed by atoms with van der Waals surface area (Å²) in [5, 5.41) is 2.99. The van der Waals surface area contributed by atoms with Gasteiger partial charge in [-0.3, -0.25) is 9.59 Å². The van der Waals surface area contributed by atoms with Gasteiger partial charge in [-0.05, 0) is 42.2 Å². The third kappa shape index (κ3) is 5.81. The summed E-state index contributed by atoms with van der Waals surface area (Å²) in [7, 11) is 4.67. The molecule has 7 nitrogen and oxygen atoms in total. The van der Waals surface area contributed by atoms with Gasteiger partial charge in [-0.2, -0.15) is 0 Å². The van der Waals surface area contributed by atoms with E-state index < -0.39 is 0 Å². The molecular weight excluding hydrogens is 408 g/mol. The standard InChI is InChI=1S/C25H30N2O5/c1-30-21-15-19(16-22(31-2)24(21)32-3)17-26-25(29)20-11-13-27(14-12-20)23(28)10-9-18-7-5-4-6-8-18/h4-10,15-16,20H,11-14,17H2,1-3H3,(H,26,29)/b10-9+. The zero-order valence-electron chi connectivity index (χ0n) is 18.8. The first kappa shape index (κ1) is 23.2. The molecule has 0 spiro atoms. The Morgan fingerprint density at radius 1 is 1.00 bits per heavy atom. The van der Waals surface area contributed by atoms with Crippen molar-refractivity contribution in [3.63, 3.8) is 0 Å². The fraction of sp³-hybridized carbons (Fsp3) is 0.360. The number of ether oxygens (including phenoxy) is 3. The lowest BCUT2D eigenvalue weighted by molar-refractivity contribution is -0.132. The normalized spacial score (nSPS) is 14.3. The van der Waals surface area contributed by atoms with Crippen molar-refractivity contribution in [2.24, 2.45) is 5.92 Å². The van der Waals surface area contributed by atoms with Crippen LogP contribution in [0.1, 0.15) is 24.0 Å². The highest BCUT2D eigenvalue weighted by Crippen LogP contribution is 2.38. The van der Waals surface area contributed by atoms with Crippen molar-refractivity contribution in [2.75, 3.05) is 34.4 Å². The topological polar surface area (TPSA) is 77.1 Å². The fourth-order valence-electron chi connectivity index (χ4n) is 3.77. The molecule has 1 aliphatic rings. The van der Waals surface area contributed by atoms with E-state index in [-0.39, 0.29) is 17.7 Å². The molecule has 0 bridgehead atoms. The number of methoxy groups -OCH3 is 3. The van der Waals surface area contributed by atoms with E-state index in [1.54, 1.807) is 32.3 Å². The zero-order valence-corrected chi connectivity index (χ0v) is 18.8. The average molecular weight is 439 g/mol. The smallest absolute Gasteiger partial charge is 0.246 e. The molecule has 7 heteroatoms. The zero-order chi connectivity index (χ0) is 22.9. The Morgan fingerprint density at radius 3 is 2.19 bits per heavy atom. The Labute approximate surface area is 189 Å². The van der Waals surface area contributed by atoms with E-state index >= 15 is 0 Å². The summed E-state index contributed by atoms with van der Waals surface area (Å²) in [6.45, 7) is 1.50. The van der Waals surface area contributed by atoms with Crippen molar-refractivity contribution >= 4 is 17.9 Å². The van der Waals surface area contributed by atoms with Crippen LogP contribution >= 0.6 is 0 Å². The van der Waals surface area contributed by atoms with Crippen molar-refractivity contribution < 1.29 is 23.8 Å². The van der Waals surface area contributed by atoms with Gasteiger partial charge in [0.05, 0.1) is 21.3 Å². The molecule has 0 radical (unpaired) electrons. The van der Waals surface area contributed by atoms with Gasteiger partial charge in [0.2, 0.25) is 17.6 Å². The third-order valence-corrected chi connectivity index (χ3v) is 5.59. The minimum absolute atomic E-state index is 0.00863. The van der Waals surface area contributed by atoms with Crippen LogP contribution in [0.2, 0.25) is 0 Å². The molecular formula is C25H30N2O5. The number of rotatable bonds is 8. The first-order chi connectivity index (χ1) is 15.5. The monoisotopic (exact) mass is 438 g/mol. The van der Waals surface area contributed by atoms with Gasteiger partial charge in [0.25, 0.3) is 0 Å². The molecule has 0 saturated carbocycles. The average Bonchev–Trinajstić information content (AvgIpc) is 2.85. The molecule has 0 aliphatic carbocycles. The Balaban J connectivity index is 1.50. The van der Waals surface area contributed by atoms with Crippen molar-refractivity contribution in [2.45, 2.75) is 19.4 Å². The largest absolute Gasteiger partial charge is 0.493 e. The van der Waals surface area contributed by atoms with E-state index in [1.165, 1.54) is 0 Å². The highest BCUT2D eigenvalue weighted by molar-refractivity contribution is 5.92. The molecule has 170 valence electrons. The molecule has 2 amide bonds. The van der Waals surface area contributed by atoms with E-state index in [4.69, 9.17) is 14.2 Å². The summed E-state index contributed by atoms with van der Waals surface area (Å²) >= 11 is 0. The first-order valence-electron chi connectivity index (χ1n) is 10.6. The number of nitrogens with zero attached hydrogens (tertiary/aromatic N) is 1. The number of benzene rings is 2. The summed E-state index contributed by atoms with van der Waals surface area (Å²) in [5.74, 6) is 1.47. The van der Waals surface area contributed by atoms with Crippen LogP contribution in [0.3, 0.4) is 0 Å². The van der Waals surface area contributed by atoms with Gasteiger partial charge < -0.3 is 24.4 Å². The molecule has 0 atom stereocenters. The summed E-state index contributed by atoms with van der Waals surface area (Å²) < 4.78 is 16.1. The van der Waals surface area contributed by atoms with Crippen molar-refractivity contribution in [3.05, 3.63) is 59.7 Å². The predicted molar refractivity (Wildman–Crippen MR) is 123 cm³/mol. The van der Waals surface area contributed by atoms with Crippen LogP contribution in [0.4, 0.5) is 0 Å². The van der Waals surface area contributed by atoms with Crippen LogP contribution in [-0.2, 0) is 16.1 Å². The van der Waals surface area contributed by atoms with Crippen LogP contribution in [0.15, 0.2) is 48.5 Å². The van der Waals surface area contributed by atoms with Crippen LogP contribution in [0.5, 0.6) is 17.2 Å². The molecule has 1 N–H and O–H groups in total. The van der Waals surface area contributed by atoms with E-state index in [0.29, 0.717) is 49.7 Å². The Bertz CT molecular complexity index is 925. The summed E-state index contributed by atoms with van der Waals surface area (Å²) in [6.07, 6.45) is 4.71. The second-order valence-electron chi connectivity index (χ2n) is 7.59. The molecule has 2 aromatic rings. The Hall–Kier alpha value is -3.48. The second kappa shape index (κ2) is 11.2. The molecule has 0 unspecified atom stereocenters. The molecule has 3 rings (SSSR count). The summed E-state index contributed by atoms with van der Waals surface area (Å²) in [6, 6.07) is 13.4. The fourth-order valence-corrected chi connectivity index (χ4v) is 3.77. The third-order valence-electron chi connectivity index (χ3n) is 5.59. The lowest BCUT2D eigenvalue weighted by Crippen LogP contribution is -2.42. The summed E-state index contributed by atoms with van der Waals surface area (Å²) in [4.78, 5) is 26.9. The van der Waals surface area contributed by atoms with Gasteiger partial charge in [-0.15, -0.1) is 0 Å². The van der Waals surface area contributed by atoms with Gasteiger partial charge >= 0.3 is 0 Å². The maximum absolute atomic E-state index is 12.7. The van der Waals surface area contributed by atoms with Crippen molar-refractivity contribution in [1.82, 2.24) is 10.2 Å². The molecule has 0 aromatic heterocycles. The number of carbonyl (C=O) groups is 2. The number of hydrogen-bond acceptors (Lipinski definition) is 5. The lowest BCUT2D eigenvalue weighted by Gasteiger charge is -2.30. The van der Waals surface area contributed by atoms with E-state index in [0.717, 1.165) is 11.1 Å². The van der Waals surface area contributed by atoms with Gasteiger partial charge in [0.1, 0.15) is 0 Å².